The zero-order valence-corrected chi connectivity index (χ0v) is 12.2. The molecule has 0 bridgehead atoms. The van der Waals surface area contributed by atoms with Crippen molar-refractivity contribution in [3.05, 3.63) is 46.3 Å². The molecule has 112 valence electrons. The largest absolute Gasteiger partial charge is 0.361 e. The SMILES string of the molecule is Cc1noc(C)c1C(=O)N(CC(F)F)c1cccc(Cl)c1. The van der Waals surface area contributed by atoms with Crippen molar-refractivity contribution >= 4 is 23.2 Å². The van der Waals surface area contributed by atoms with Gasteiger partial charge in [0.05, 0.1) is 12.2 Å². The number of hydrogen-bond donors (Lipinski definition) is 0. The van der Waals surface area contributed by atoms with Crippen LogP contribution >= 0.6 is 11.6 Å². The Hall–Kier alpha value is -1.95. The van der Waals surface area contributed by atoms with Gasteiger partial charge in [0, 0.05) is 10.7 Å². The Morgan fingerprint density at radius 3 is 2.67 bits per heavy atom. The summed E-state index contributed by atoms with van der Waals surface area (Å²) in [5.74, 6) is -0.299. The highest BCUT2D eigenvalue weighted by Gasteiger charge is 2.26. The molecule has 1 amide bonds. The molecule has 0 N–H and O–H groups in total. The predicted octanol–water partition coefficient (Wildman–Crippen LogP) is 3.86. The molecule has 0 unspecified atom stereocenters. The fraction of sp³-hybridized carbons (Fsp3) is 0.286. The molecule has 0 fully saturated rings. The zero-order valence-electron chi connectivity index (χ0n) is 11.4. The van der Waals surface area contributed by atoms with Crippen LogP contribution < -0.4 is 4.90 Å². The number of halogens is 3. The first kappa shape index (κ1) is 15.4. The third kappa shape index (κ3) is 3.39. The van der Waals surface area contributed by atoms with Crippen LogP contribution in [0.2, 0.25) is 5.02 Å². The first-order chi connectivity index (χ1) is 9.90. The van der Waals surface area contributed by atoms with E-state index >= 15 is 0 Å². The molecule has 1 aromatic carbocycles. The number of anilines is 1. The Labute approximate surface area is 125 Å². The summed E-state index contributed by atoms with van der Waals surface area (Å²) in [6.45, 7) is 2.41. The third-order valence-electron chi connectivity index (χ3n) is 2.93. The van der Waals surface area contributed by atoms with Crippen LogP contribution in [0.25, 0.3) is 0 Å². The Bertz CT molecular complexity index is 639. The number of rotatable bonds is 4. The van der Waals surface area contributed by atoms with E-state index in [1.54, 1.807) is 32.0 Å². The summed E-state index contributed by atoms with van der Waals surface area (Å²) in [5.41, 5.74) is 0.849. The molecule has 21 heavy (non-hydrogen) atoms. The summed E-state index contributed by atoms with van der Waals surface area (Å²) in [6.07, 6.45) is -2.67. The van der Waals surface area contributed by atoms with Crippen LogP contribution in [0.15, 0.2) is 28.8 Å². The van der Waals surface area contributed by atoms with Crippen LogP contribution in [-0.2, 0) is 0 Å². The summed E-state index contributed by atoms with van der Waals surface area (Å²) >= 11 is 5.86. The van der Waals surface area contributed by atoms with E-state index in [1.807, 2.05) is 0 Å². The summed E-state index contributed by atoms with van der Waals surface area (Å²) in [4.78, 5) is 13.5. The number of carbonyl (C=O) groups is 1. The minimum absolute atomic E-state index is 0.190. The Balaban J connectivity index is 2.43. The molecule has 0 saturated heterocycles. The molecule has 4 nitrogen and oxygen atoms in total. The van der Waals surface area contributed by atoms with Crippen molar-refractivity contribution in [1.82, 2.24) is 5.16 Å². The first-order valence-corrected chi connectivity index (χ1v) is 6.56. The Kier molecular flexibility index (Phi) is 4.57. The van der Waals surface area contributed by atoms with Gasteiger partial charge in [0.25, 0.3) is 12.3 Å². The van der Waals surface area contributed by atoms with E-state index in [4.69, 9.17) is 16.1 Å². The molecule has 7 heteroatoms. The monoisotopic (exact) mass is 314 g/mol. The molecule has 1 heterocycles. The van der Waals surface area contributed by atoms with Crippen LogP contribution in [0, 0.1) is 13.8 Å². The van der Waals surface area contributed by atoms with Crippen LogP contribution in [0.1, 0.15) is 21.8 Å². The molecule has 0 atom stereocenters. The first-order valence-electron chi connectivity index (χ1n) is 6.18. The van der Waals surface area contributed by atoms with E-state index in [9.17, 15) is 13.6 Å². The Morgan fingerprint density at radius 2 is 2.14 bits per heavy atom. The number of aryl methyl sites for hydroxylation is 2. The van der Waals surface area contributed by atoms with Crippen molar-refractivity contribution in [2.45, 2.75) is 20.3 Å². The minimum atomic E-state index is -2.67. The average molecular weight is 315 g/mol. The van der Waals surface area contributed by atoms with Crippen molar-refractivity contribution < 1.29 is 18.1 Å². The van der Waals surface area contributed by atoms with Crippen LogP contribution in [-0.4, -0.2) is 24.0 Å². The van der Waals surface area contributed by atoms with Gasteiger partial charge in [-0.25, -0.2) is 8.78 Å². The zero-order chi connectivity index (χ0) is 15.6. The average Bonchev–Trinajstić information content (AvgIpc) is 2.74. The number of hydrogen-bond acceptors (Lipinski definition) is 3. The molecule has 0 radical (unpaired) electrons. The highest BCUT2D eigenvalue weighted by atomic mass is 35.5. The highest BCUT2D eigenvalue weighted by Crippen LogP contribution is 2.24. The van der Waals surface area contributed by atoms with Gasteiger partial charge in [-0.3, -0.25) is 4.79 Å². The number of carbonyl (C=O) groups excluding carboxylic acids is 1. The molecule has 0 aliphatic rings. The fourth-order valence-corrected chi connectivity index (χ4v) is 2.20. The summed E-state index contributed by atoms with van der Waals surface area (Å²) in [6, 6.07) is 6.20. The molecule has 0 aliphatic carbocycles. The second-order valence-electron chi connectivity index (χ2n) is 4.49. The quantitative estimate of drug-likeness (QED) is 0.861. The second-order valence-corrected chi connectivity index (χ2v) is 4.92. The predicted molar refractivity (Wildman–Crippen MR) is 75.1 cm³/mol. The normalized spacial score (nSPS) is 11.0. The molecule has 0 spiro atoms. The maximum Gasteiger partial charge on any atom is 0.263 e. The van der Waals surface area contributed by atoms with Gasteiger partial charge in [0.1, 0.15) is 11.3 Å². The van der Waals surface area contributed by atoms with Gasteiger partial charge in [-0.05, 0) is 32.0 Å². The maximum absolute atomic E-state index is 12.8. The van der Waals surface area contributed by atoms with E-state index in [-0.39, 0.29) is 5.56 Å². The molecule has 1 aromatic heterocycles. The van der Waals surface area contributed by atoms with Crippen molar-refractivity contribution in [3.8, 4) is 0 Å². The number of aromatic nitrogens is 1. The second kappa shape index (κ2) is 6.22. The van der Waals surface area contributed by atoms with Crippen LogP contribution in [0.4, 0.5) is 14.5 Å². The summed E-state index contributed by atoms with van der Waals surface area (Å²) in [7, 11) is 0. The van der Waals surface area contributed by atoms with Crippen molar-refractivity contribution in [2.24, 2.45) is 0 Å². The van der Waals surface area contributed by atoms with Gasteiger partial charge in [0.2, 0.25) is 0 Å². The minimum Gasteiger partial charge on any atom is -0.361 e. The van der Waals surface area contributed by atoms with Gasteiger partial charge >= 0.3 is 0 Å². The fourth-order valence-electron chi connectivity index (χ4n) is 2.01. The van der Waals surface area contributed by atoms with Gasteiger partial charge in [-0.1, -0.05) is 22.8 Å². The molecule has 0 saturated carbocycles. The van der Waals surface area contributed by atoms with E-state index < -0.39 is 18.9 Å². The lowest BCUT2D eigenvalue weighted by molar-refractivity contribution is 0.0943. The molecular weight excluding hydrogens is 302 g/mol. The molecule has 2 aromatic rings. The van der Waals surface area contributed by atoms with Gasteiger partial charge < -0.3 is 9.42 Å². The lowest BCUT2D eigenvalue weighted by atomic mass is 10.1. The smallest absolute Gasteiger partial charge is 0.263 e. The Morgan fingerprint density at radius 1 is 1.43 bits per heavy atom. The maximum atomic E-state index is 12.8. The van der Waals surface area contributed by atoms with E-state index in [2.05, 4.69) is 5.16 Å². The molecular formula is C14H13ClF2N2O2. The van der Waals surface area contributed by atoms with E-state index in [1.165, 1.54) is 6.07 Å². The van der Waals surface area contributed by atoms with E-state index in [0.29, 0.717) is 22.2 Å². The number of nitrogens with zero attached hydrogens (tertiary/aromatic N) is 2. The van der Waals surface area contributed by atoms with Crippen LogP contribution in [0.5, 0.6) is 0 Å². The summed E-state index contributed by atoms with van der Waals surface area (Å²) in [5, 5.41) is 4.03. The van der Waals surface area contributed by atoms with Crippen LogP contribution in [0.3, 0.4) is 0 Å². The highest BCUT2D eigenvalue weighted by molar-refractivity contribution is 6.31. The lowest BCUT2D eigenvalue weighted by Gasteiger charge is -2.22. The van der Waals surface area contributed by atoms with Crippen molar-refractivity contribution in [1.29, 1.82) is 0 Å². The topological polar surface area (TPSA) is 46.3 Å². The third-order valence-corrected chi connectivity index (χ3v) is 3.17. The number of benzene rings is 1. The lowest BCUT2D eigenvalue weighted by Crippen LogP contribution is -2.35. The van der Waals surface area contributed by atoms with Gasteiger partial charge in [-0.2, -0.15) is 0 Å². The van der Waals surface area contributed by atoms with Gasteiger partial charge in [0.15, 0.2) is 0 Å². The van der Waals surface area contributed by atoms with E-state index in [0.717, 1.165) is 4.90 Å². The summed E-state index contributed by atoms with van der Waals surface area (Å²) < 4.78 is 30.5. The standard InChI is InChI=1S/C14H13ClF2N2O2/c1-8-13(9(2)21-18-8)14(20)19(7-12(16)17)11-5-3-4-10(15)6-11/h3-6,12H,7H2,1-2H3. The number of alkyl halides is 2. The van der Waals surface area contributed by atoms with Crippen molar-refractivity contribution in [3.63, 3.8) is 0 Å². The molecule has 0 aliphatic heterocycles. The van der Waals surface area contributed by atoms with Gasteiger partial charge in [-0.15, -0.1) is 0 Å². The van der Waals surface area contributed by atoms with Crippen molar-refractivity contribution in [2.75, 3.05) is 11.4 Å². The number of amides is 1. The molecule has 2 rings (SSSR count).